The monoisotopic (exact) mass is 656 g/mol. The number of ether oxygens (including phenoxy) is 2. The van der Waals surface area contributed by atoms with Crippen LogP contribution < -0.4 is 20.1 Å². The summed E-state index contributed by atoms with van der Waals surface area (Å²) in [5, 5.41) is 0.587. The molecule has 0 spiro atoms. The second kappa shape index (κ2) is 11.9. The molecule has 1 fully saturated rings. The minimum Gasteiger partial charge on any atom is -0.496 e. The van der Waals surface area contributed by atoms with Crippen molar-refractivity contribution in [3.05, 3.63) is 70.0 Å². The smallest absolute Gasteiger partial charge is 0.410 e. The second-order valence-electron chi connectivity index (χ2n) is 13.8. The summed E-state index contributed by atoms with van der Waals surface area (Å²) >= 11 is 0. The van der Waals surface area contributed by atoms with Crippen molar-refractivity contribution in [1.29, 1.82) is 0 Å². The summed E-state index contributed by atoms with van der Waals surface area (Å²) in [7, 11) is 3.04. The van der Waals surface area contributed by atoms with Crippen LogP contribution in [-0.2, 0) is 9.53 Å². The molecule has 0 radical (unpaired) electrons. The van der Waals surface area contributed by atoms with E-state index in [1.807, 2.05) is 44.7 Å². The Morgan fingerprint density at radius 2 is 1.77 bits per heavy atom. The normalized spacial score (nSPS) is 17.9. The molecule has 0 saturated carbocycles. The maximum absolute atomic E-state index is 15.4. The Bertz CT molecular complexity index is 2020. The molecular formula is C36H41FN6O5. The zero-order valence-corrected chi connectivity index (χ0v) is 28.8. The minimum atomic E-state index is -0.776. The van der Waals surface area contributed by atoms with Gasteiger partial charge in [0.2, 0.25) is 0 Å². The van der Waals surface area contributed by atoms with Crippen molar-refractivity contribution < 1.29 is 23.5 Å². The molecular weight excluding hydrogens is 615 g/mol. The molecule has 2 aliphatic rings. The first-order valence-electron chi connectivity index (χ1n) is 16.1. The van der Waals surface area contributed by atoms with Crippen LogP contribution in [0.3, 0.4) is 0 Å². The van der Waals surface area contributed by atoms with Gasteiger partial charge in [0.05, 0.1) is 42.0 Å². The van der Waals surface area contributed by atoms with Gasteiger partial charge in [-0.05, 0) is 76.4 Å². The summed E-state index contributed by atoms with van der Waals surface area (Å²) in [4.78, 5) is 56.7. The number of pyridine rings is 3. The highest BCUT2D eigenvalue weighted by molar-refractivity contribution is 6.11. The van der Waals surface area contributed by atoms with Gasteiger partial charge in [0, 0.05) is 31.2 Å². The molecule has 2 aliphatic heterocycles. The molecule has 11 nitrogen and oxygen atoms in total. The number of nitrogens with zero attached hydrogens (tertiary/aromatic N) is 6. The first kappa shape index (κ1) is 32.9. The van der Waals surface area contributed by atoms with Crippen molar-refractivity contribution >= 4 is 34.4 Å². The highest BCUT2D eigenvalue weighted by Crippen LogP contribution is 2.43. The van der Waals surface area contributed by atoms with E-state index in [-0.39, 0.29) is 53.5 Å². The first-order chi connectivity index (χ1) is 22.6. The summed E-state index contributed by atoms with van der Waals surface area (Å²) in [6.07, 6.45) is 1.20. The summed E-state index contributed by atoms with van der Waals surface area (Å²) < 4.78 is 28.1. The summed E-state index contributed by atoms with van der Waals surface area (Å²) in [5.41, 5.74) is 2.29. The van der Waals surface area contributed by atoms with Gasteiger partial charge < -0.3 is 24.2 Å². The van der Waals surface area contributed by atoms with Gasteiger partial charge >= 0.3 is 6.09 Å². The molecule has 48 heavy (non-hydrogen) atoms. The van der Waals surface area contributed by atoms with E-state index >= 15 is 4.39 Å². The molecule has 3 aromatic heterocycles. The number of amides is 2. The fourth-order valence-corrected chi connectivity index (χ4v) is 6.72. The van der Waals surface area contributed by atoms with Gasteiger partial charge in [0.25, 0.3) is 11.5 Å². The van der Waals surface area contributed by atoms with Crippen molar-refractivity contribution in [3.8, 4) is 22.7 Å². The predicted molar refractivity (Wildman–Crippen MR) is 183 cm³/mol. The number of likely N-dealkylation sites (N-methyl/N-ethyl adjacent to an activating group) is 1. The molecule has 4 aromatic rings. The van der Waals surface area contributed by atoms with Crippen molar-refractivity contribution in [3.63, 3.8) is 0 Å². The van der Waals surface area contributed by atoms with Gasteiger partial charge in [-0.25, -0.2) is 14.2 Å². The molecule has 0 aliphatic carbocycles. The van der Waals surface area contributed by atoms with Gasteiger partial charge in [-0.15, -0.1) is 0 Å². The van der Waals surface area contributed by atoms with Crippen LogP contribution in [0.1, 0.15) is 58.7 Å². The molecule has 0 bridgehead atoms. The van der Waals surface area contributed by atoms with Crippen LogP contribution in [0.15, 0.2) is 47.4 Å². The SMILES string of the molecule is COc1cccc(F)c1-c1ccc2c3c(c(=O)n(-c4c(C)ccnc4C(C)C)c2n1)N(C)C(=O)[C@H]1CN(C(=O)OC(C)(C)C)[C@H](C)CN31. The van der Waals surface area contributed by atoms with Crippen LogP contribution >= 0.6 is 0 Å². The van der Waals surface area contributed by atoms with E-state index in [0.717, 1.165) is 5.56 Å². The molecule has 252 valence electrons. The number of aryl methyl sites for hydroxylation is 1. The zero-order valence-electron chi connectivity index (χ0n) is 28.8. The average Bonchev–Trinajstić information content (AvgIpc) is 3.02. The summed E-state index contributed by atoms with van der Waals surface area (Å²) in [6.45, 7) is 13.5. The Balaban J connectivity index is 1.66. The lowest BCUT2D eigenvalue weighted by atomic mass is 9.98. The van der Waals surface area contributed by atoms with Gasteiger partial charge in [0.15, 0.2) is 0 Å². The molecule has 6 rings (SSSR count). The van der Waals surface area contributed by atoms with E-state index in [2.05, 4.69) is 4.98 Å². The third-order valence-corrected chi connectivity index (χ3v) is 8.95. The number of carbonyl (C=O) groups excluding carboxylic acids is 2. The van der Waals surface area contributed by atoms with Crippen LogP contribution in [0.4, 0.5) is 20.6 Å². The number of fused-ring (bicyclic) bond motifs is 5. The standard InChI is InChI=1S/C36H41FN6O5/c1-19(2)28-29(20(3)15-16-38-28)43-32-22(13-14-24(39-32)27-23(37)11-10-12-26(27)47-9)30-31(34(43)45)40(8)33(44)25-18-41(21(4)17-42(25)30)35(46)48-36(5,6)7/h10-16,19,21,25H,17-18H2,1-9H3/t21-,25-/m1/s1. The Labute approximate surface area is 278 Å². The lowest BCUT2D eigenvalue weighted by Gasteiger charge is -2.49. The number of methoxy groups -OCH3 is 1. The summed E-state index contributed by atoms with van der Waals surface area (Å²) in [6, 6.07) is 8.76. The third kappa shape index (κ3) is 5.32. The lowest BCUT2D eigenvalue weighted by molar-refractivity contribution is -0.121. The van der Waals surface area contributed by atoms with E-state index in [1.165, 1.54) is 22.6 Å². The predicted octanol–water partition coefficient (Wildman–Crippen LogP) is 5.82. The van der Waals surface area contributed by atoms with Crippen LogP contribution in [0.25, 0.3) is 28.0 Å². The van der Waals surface area contributed by atoms with E-state index in [4.69, 9.17) is 14.5 Å². The van der Waals surface area contributed by atoms with Crippen LogP contribution in [0.5, 0.6) is 5.75 Å². The average molecular weight is 657 g/mol. The highest BCUT2D eigenvalue weighted by atomic mass is 19.1. The Morgan fingerprint density at radius 3 is 2.44 bits per heavy atom. The quantitative estimate of drug-likeness (QED) is 0.271. The van der Waals surface area contributed by atoms with E-state index < -0.39 is 29.1 Å². The van der Waals surface area contributed by atoms with E-state index in [9.17, 15) is 14.4 Å². The molecule has 1 saturated heterocycles. The van der Waals surface area contributed by atoms with Gasteiger partial charge in [-0.1, -0.05) is 19.9 Å². The van der Waals surface area contributed by atoms with Crippen LogP contribution in [-0.4, -0.2) is 76.4 Å². The largest absolute Gasteiger partial charge is 0.496 e. The van der Waals surface area contributed by atoms with Crippen LogP contribution in [0, 0.1) is 12.7 Å². The molecule has 12 heteroatoms. The highest BCUT2D eigenvalue weighted by Gasteiger charge is 2.47. The van der Waals surface area contributed by atoms with Crippen molar-refractivity contribution in [2.45, 2.75) is 72.1 Å². The number of halogens is 1. The number of piperazine rings is 1. The number of anilines is 2. The third-order valence-electron chi connectivity index (χ3n) is 8.95. The topological polar surface area (TPSA) is 110 Å². The Kier molecular flexibility index (Phi) is 8.17. The first-order valence-corrected chi connectivity index (χ1v) is 16.1. The van der Waals surface area contributed by atoms with Gasteiger partial charge in [0.1, 0.15) is 34.5 Å². The van der Waals surface area contributed by atoms with Crippen molar-refractivity contribution in [2.75, 3.05) is 37.0 Å². The summed E-state index contributed by atoms with van der Waals surface area (Å²) in [5.74, 6) is -0.602. The number of carbonyl (C=O) groups is 2. The molecule has 0 N–H and O–H groups in total. The second-order valence-corrected chi connectivity index (χ2v) is 13.8. The fraction of sp³-hybridized carbons (Fsp3) is 0.417. The number of hydrogen-bond acceptors (Lipinski definition) is 8. The Hall–Kier alpha value is -5.00. The molecule has 1 aromatic carbocycles. The molecule has 2 atom stereocenters. The van der Waals surface area contributed by atoms with Crippen LogP contribution in [0.2, 0.25) is 0 Å². The lowest BCUT2D eigenvalue weighted by Crippen LogP contribution is -2.66. The van der Waals surface area contributed by atoms with E-state index in [0.29, 0.717) is 28.2 Å². The van der Waals surface area contributed by atoms with Crippen molar-refractivity contribution in [2.24, 2.45) is 0 Å². The number of rotatable bonds is 4. The number of benzene rings is 1. The fourth-order valence-electron chi connectivity index (χ4n) is 6.72. The van der Waals surface area contributed by atoms with E-state index in [1.54, 1.807) is 57.1 Å². The molecule has 5 heterocycles. The van der Waals surface area contributed by atoms with Gasteiger partial charge in [-0.2, -0.15) is 0 Å². The zero-order chi connectivity index (χ0) is 34.8. The molecule has 0 unspecified atom stereocenters. The Morgan fingerprint density at radius 1 is 1.04 bits per heavy atom. The maximum atomic E-state index is 15.4. The number of aromatic nitrogens is 3. The van der Waals surface area contributed by atoms with Gasteiger partial charge in [-0.3, -0.25) is 19.1 Å². The maximum Gasteiger partial charge on any atom is 0.410 e. The molecule has 2 amide bonds. The minimum absolute atomic E-state index is 0.0572. The van der Waals surface area contributed by atoms with Crippen molar-refractivity contribution in [1.82, 2.24) is 19.4 Å². The number of hydrogen-bond donors (Lipinski definition) is 0.